The fourth-order valence-electron chi connectivity index (χ4n) is 1.10. The number of hydrogen-bond donors (Lipinski definition) is 2. The Balaban J connectivity index is 2.37. The van der Waals surface area contributed by atoms with Crippen LogP contribution >= 0.6 is 11.8 Å². The van der Waals surface area contributed by atoms with Crippen LogP contribution in [0, 0.1) is 11.6 Å². The highest BCUT2D eigenvalue weighted by Crippen LogP contribution is 2.20. The molecular weight excluding hydrogens is 319 g/mol. The molecule has 10 heteroatoms. The highest BCUT2D eigenvalue weighted by atomic mass is 32.2. The lowest BCUT2D eigenvalue weighted by molar-refractivity contribution is -0.124. The molecular formula is C11H9F5N2O2S. The predicted molar refractivity (Wildman–Crippen MR) is 64.7 cm³/mol. The average Bonchev–Trinajstić information content (AvgIpc) is 2.37. The average molecular weight is 328 g/mol. The number of carbonyl (C=O) groups excluding carboxylic acids is 2. The number of thioether (sulfide) groups is 1. The van der Waals surface area contributed by atoms with Gasteiger partial charge in [-0.3, -0.25) is 10.1 Å². The van der Waals surface area contributed by atoms with Gasteiger partial charge in [-0.1, -0.05) is 0 Å². The summed E-state index contributed by atoms with van der Waals surface area (Å²) in [4.78, 5) is 22.4. The fourth-order valence-corrected chi connectivity index (χ4v) is 1.82. The van der Waals surface area contributed by atoms with Gasteiger partial charge in [-0.15, -0.1) is 11.8 Å². The first-order valence-corrected chi connectivity index (χ1v) is 6.38. The molecule has 116 valence electrons. The number of rotatable bonds is 4. The number of urea groups is 1. The molecule has 0 atom stereocenters. The van der Waals surface area contributed by atoms with Crippen LogP contribution in [0.15, 0.2) is 23.1 Å². The normalized spacial score (nSPS) is 11.1. The zero-order valence-electron chi connectivity index (χ0n) is 10.3. The number of hydrogen-bond acceptors (Lipinski definition) is 3. The molecule has 0 spiro atoms. The van der Waals surface area contributed by atoms with Gasteiger partial charge in [-0.2, -0.15) is 13.2 Å². The number of carbonyl (C=O) groups is 2. The van der Waals surface area contributed by atoms with Gasteiger partial charge in [0.2, 0.25) is 5.91 Å². The van der Waals surface area contributed by atoms with E-state index in [1.165, 1.54) is 11.4 Å². The quantitative estimate of drug-likeness (QED) is 0.659. The maximum Gasteiger partial charge on any atom is 0.405 e. The van der Waals surface area contributed by atoms with E-state index in [2.05, 4.69) is 0 Å². The summed E-state index contributed by atoms with van der Waals surface area (Å²) in [7, 11) is 0. The lowest BCUT2D eigenvalue weighted by Crippen LogP contribution is -2.43. The van der Waals surface area contributed by atoms with Gasteiger partial charge < -0.3 is 5.32 Å². The van der Waals surface area contributed by atoms with Crippen molar-refractivity contribution in [2.75, 3.05) is 12.3 Å². The zero-order valence-corrected chi connectivity index (χ0v) is 11.1. The minimum atomic E-state index is -4.58. The summed E-state index contributed by atoms with van der Waals surface area (Å²) in [5.74, 6) is -3.35. The second-order valence-electron chi connectivity index (χ2n) is 3.71. The van der Waals surface area contributed by atoms with Crippen molar-refractivity contribution < 1.29 is 31.5 Å². The molecule has 21 heavy (non-hydrogen) atoms. The molecule has 0 unspecified atom stereocenters. The Bertz CT molecular complexity index is 536. The van der Waals surface area contributed by atoms with Crippen LogP contribution in [0.3, 0.4) is 0 Å². The van der Waals surface area contributed by atoms with Gasteiger partial charge in [0.1, 0.15) is 6.54 Å². The third kappa shape index (κ3) is 6.93. The molecule has 0 saturated carbocycles. The lowest BCUT2D eigenvalue weighted by atomic mass is 10.3. The third-order valence-corrected chi connectivity index (χ3v) is 2.96. The molecule has 0 saturated heterocycles. The van der Waals surface area contributed by atoms with Gasteiger partial charge in [0, 0.05) is 4.90 Å². The van der Waals surface area contributed by atoms with Gasteiger partial charge in [-0.05, 0) is 18.2 Å². The molecule has 4 nitrogen and oxygen atoms in total. The smallest absolute Gasteiger partial charge is 0.329 e. The van der Waals surface area contributed by atoms with Crippen molar-refractivity contribution in [1.29, 1.82) is 0 Å². The van der Waals surface area contributed by atoms with E-state index in [0.29, 0.717) is 0 Å². The SMILES string of the molecule is O=C(CSc1ccc(F)c(F)c1)NC(=O)NCC(F)(F)F. The molecule has 0 heterocycles. The summed E-state index contributed by atoms with van der Waals surface area (Å²) >= 11 is 0.796. The number of imide groups is 1. The molecule has 0 fully saturated rings. The highest BCUT2D eigenvalue weighted by molar-refractivity contribution is 8.00. The summed E-state index contributed by atoms with van der Waals surface area (Å²) in [6, 6.07) is 1.66. The monoisotopic (exact) mass is 328 g/mol. The first kappa shape index (κ1) is 17.2. The predicted octanol–water partition coefficient (Wildman–Crippen LogP) is 2.45. The van der Waals surface area contributed by atoms with Crippen LogP contribution in [0.1, 0.15) is 0 Å². The van der Waals surface area contributed by atoms with E-state index in [1.54, 1.807) is 5.32 Å². The van der Waals surface area contributed by atoms with E-state index in [4.69, 9.17) is 0 Å². The Morgan fingerprint density at radius 3 is 2.38 bits per heavy atom. The zero-order chi connectivity index (χ0) is 16.0. The van der Waals surface area contributed by atoms with E-state index in [9.17, 15) is 31.5 Å². The van der Waals surface area contributed by atoms with Gasteiger partial charge in [0.05, 0.1) is 5.75 Å². The van der Waals surface area contributed by atoms with Gasteiger partial charge in [0.25, 0.3) is 0 Å². The Morgan fingerprint density at radius 1 is 1.14 bits per heavy atom. The number of alkyl halides is 3. The largest absolute Gasteiger partial charge is 0.405 e. The van der Waals surface area contributed by atoms with Crippen LogP contribution in [0.2, 0.25) is 0 Å². The van der Waals surface area contributed by atoms with Crippen molar-refractivity contribution in [1.82, 2.24) is 10.6 Å². The van der Waals surface area contributed by atoms with Gasteiger partial charge in [-0.25, -0.2) is 13.6 Å². The van der Waals surface area contributed by atoms with E-state index < -0.39 is 36.3 Å². The molecule has 1 aromatic rings. The molecule has 0 aliphatic heterocycles. The van der Waals surface area contributed by atoms with Crippen molar-refractivity contribution in [3.63, 3.8) is 0 Å². The number of nitrogens with one attached hydrogen (secondary N) is 2. The van der Waals surface area contributed by atoms with Crippen molar-refractivity contribution in [3.05, 3.63) is 29.8 Å². The van der Waals surface area contributed by atoms with Gasteiger partial charge in [0.15, 0.2) is 11.6 Å². The third-order valence-electron chi connectivity index (χ3n) is 1.96. The topological polar surface area (TPSA) is 58.2 Å². The summed E-state index contributed by atoms with van der Waals surface area (Å²) in [5, 5.41) is 3.12. The summed E-state index contributed by atoms with van der Waals surface area (Å²) in [6.07, 6.45) is -4.58. The fraction of sp³-hybridized carbons (Fsp3) is 0.273. The standard InChI is InChI=1S/C11H9F5N2O2S/c12-7-2-1-6(3-8(7)13)21-4-9(19)18-10(20)17-5-11(14,15)16/h1-3H,4-5H2,(H2,17,18,19,20). The van der Waals surface area contributed by atoms with Crippen LogP contribution in [-0.4, -0.2) is 30.4 Å². The van der Waals surface area contributed by atoms with Crippen molar-refractivity contribution in [3.8, 4) is 0 Å². The van der Waals surface area contributed by atoms with Crippen LogP contribution in [-0.2, 0) is 4.79 Å². The molecule has 0 bridgehead atoms. The molecule has 3 amide bonds. The van der Waals surface area contributed by atoms with Gasteiger partial charge >= 0.3 is 12.2 Å². The molecule has 0 radical (unpaired) electrons. The van der Waals surface area contributed by atoms with Crippen LogP contribution in [0.25, 0.3) is 0 Å². The van der Waals surface area contributed by atoms with Crippen molar-refractivity contribution >= 4 is 23.7 Å². The summed E-state index contributed by atoms with van der Waals surface area (Å²) < 4.78 is 60.9. The second-order valence-corrected chi connectivity index (χ2v) is 4.76. The molecule has 2 N–H and O–H groups in total. The number of amides is 3. The second kappa shape index (κ2) is 7.25. The number of benzene rings is 1. The lowest BCUT2D eigenvalue weighted by Gasteiger charge is -2.09. The van der Waals surface area contributed by atoms with E-state index in [-0.39, 0.29) is 10.6 Å². The maximum atomic E-state index is 12.9. The van der Waals surface area contributed by atoms with E-state index in [1.807, 2.05) is 0 Å². The van der Waals surface area contributed by atoms with Crippen LogP contribution in [0.5, 0.6) is 0 Å². The Labute approximate surface area is 120 Å². The Morgan fingerprint density at radius 2 is 1.81 bits per heavy atom. The molecule has 0 aliphatic rings. The summed E-state index contributed by atoms with van der Waals surface area (Å²) in [6.45, 7) is -1.57. The first-order chi connectivity index (χ1) is 9.67. The van der Waals surface area contributed by atoms with Crippen LogP contribution < -0.4 is 10.6 Å². The Hall–Kier alpha value is -1.84. The first-order valence-electron chi connectivity index (χ1n) is 5.39. The molecule has 0 aliphatic carbocycles. The summed E-state index contributed by atoms with van der Waals surface area (Å²) in [5.41, 5.74) is 0. The highest BCUT2D eigenvalue weighted by Gasteiger charge is 2.27. The minimum Gasteiger partial charge on any atom is -0.329 e. The Kier molecular flexibility index (Phi) is 5.94. The molecule has 1 aromatic carbocycles. The maximum absolute atomic E-state index is 12.9. The van der Waals surface area contributed by atoms with E-state index in [0.717, 1.165) is 23.9 Å². The van der Waals surface area contributed by atoms with Crippen molar-refractivity contribution in [2.24, 2.45) is 0 Å². The minimum absolute atomic E-state index is 0.236. The van der Waals surface area contributed by atoms with E-state index >= 15 is 0 Å². The molecule has 1 rings (SSSR count). The van der Waals surface area contributed by atoms with Crippen LogP contribution in [0.4, 0.5) is 26.7 Å². The molecule has 0 aromatic heterocycles. The number of halogens is 5. The van der Waals surface area contributed by atoms with Crippen molar-refractivity contribution in [2.45, 2.75) is 11.1 Å².